The molecule has 0 unspecified atom stereocenters. The first-order valence-electron chi connectivity index (χ1n) is 7.04. The van der Waals surface area contributed by atoms with Gasteiger partial charge in [0.2, 0.25) is 5.78 Å². The van der Waals surface area contributed by atoms with Crippen LogP contribution in [0.3, 0.4) is 0 Å². The minimum Gasteiger partial charge on any atom is -0.492 e. The zero-order valence-electron chi connectivity index (χ0n) is 12.4. The van der Waals surface area contributed by atoms with Crippen molar-refractivity contribution in [3.05, 3.63) is 51.8 Å². The maximum atomic E-state index is 12.3. The molecule has 5 heteroatoms. The molecule has 1 aromatic carbocycles. The Morgan fingerprint density at radius 2 is 2.23 bits per heavy atom. The van der Waals surface area contributed by atoms with E-state index in [4.69, 9.17) is 9.47 Å². The third kappa shape index (κ3) is 2.57. The molecule has 0 saturated carbocycles. The van der Waals surface area contributed by atoms with Crippen LogP contribution in [-0.4, -0.2) is 24.1 Å². The summed E-state index contributed by atoms with van der Waals surface area (Å²) < 4.78 is 13.7. The van der Waals surface area contributed by atoms with E-state index in [1.165, 1.54) is 0 Å². The molecule has 3 rings (SSSR count). The van der Waals surface area contributed by atoms with Crippen LogP contribution >= 0.6 is 15.9 Å². The predicted molar refractivity (Wildman–Crippen MR) is 88.6 cm³/mol. The second-order valence-electron chi connectivity index (χ2n) is 4.99. The summed E-state index contributed by atoms with van der Waals surface area (Å²) in [6, 6.07) is 7.55. The van der Waals surface area contributed by atoms with Gasteiger partial charge >= 0.3 is 0 Å². The molecule has 0 N–H and O–H groups in total. The topological polar surface area (TPSA) is 40.5 Å². The molecule has 0 saturated heterocycles. The lowest BCUT2D eigenvalue weighted by Gasteiger charge is -2.12. The molecule has 0 radical (unpaired) electrons. The predicted octanol–water partition coefficient (Wildman–Crippen LogP) is 3.94. The lowest BCUT2D eigenvalue weighted by atomic mass is 10.1. The second-order valence-corrected chi connectivity index (χ2v) is 5.84. The van der Waals surface area contributed by atoms with E-state index in [0.29, 0.717) is 24.7 Å². The lowest BCUT2D eigenvalue weighted by molar-refractivity contribution is 0.103. The molecule has 0 aliphatic carbocycles. The average molecular weight is 362 g/mol. The summed E-state index contributed by atoms with van der Waals surface area (Å²) >= 11 is 3.49. The molecular formula is C17H16BrNO3. The Balaban J connectivity index is 1.98. The number of rotatable bonds is 4. The minimum absolute atomic E-state index is 0.0786. The number of halogens is 1. The van der Waals surface area contributed by atoms with Crippen LogP contribution in [0.5, 0.6) is 11.5 Å². The Hall–Kier alpha value is -2.01. The first-order chi connectivity index (χ1) is 10.6. The Morgan fingerprint density at radius 1 is 1.41 bits per heavy atom. The summed E-state index contributed by atoms with van der Waals surface area (Å²) in [6.45, 7) is 3.08. The number of nitrogens with zero attached hydrogens (tertiary/aromatic N) is 1. The van der Waals surface area contributed by atoms with E-state index in [-0.39, 0.29) is 5.78 Å². The van der Waals surface area contributed by atoms with Gasteiger partial charge in [-0.25, -0.2) is 0 Å². The Morgan fingerprint density at radius 3 is 2.91 bits per heavy atom. The number of carbonyl (C=O) groups excluding carboxylic acids is 1. The Bertz CT molecular complexity index is 761. The van der Waals surface area contributed by atoms with E-state index < -0.39 is 0 Å². The summed E-state index contributed by atoms with van der Waals surface area (Å²) in [7, 11) is 1.61. The van der Waals surface area contributed by atoms with Crippen LogP contribution in [0.15, 0.2) is 40.5 Å². The summed E-state index contributed by atoms with van der Waals surface area (Å²) in [5.41, 5.74) is 2.42. The molecule has 4 nitrogen and oxygen atoms in total. The van der Waals surface area contributed by atoms with Gasteiger partial charge in [-0.15, -0.1) is 0 Å². The molecule has 0 spiro atoms. The zero-order valence-corrected chi connectivity index (χ0v) is 14.0. The molecule has 0 bridgehead atoms. The third-order valence-corrected chi connectivity index (χ3v) is 4.16. The average Bonchev–Trinajstić information content (AvgIpc) is 3.04. The van der Waals surface area contributed by atoms with Crippen LogP contribution in [0, 0.1) is 0 Å². The summed E-state index contributed by atoms with van der Waals surface area (Å²) in [5, 5.41) is 0. The van der Waals surface area contributed by atoms with E-state index in [0.717, 1.165) is 21.3 Å². The minimum atomic E-state index is 0.0786. The van der Waals surface area contributed by atoms with Crippen LogP contribution < -0.4 is 9.47 Å². The monoisotopic (exact) mass is 361 g/mol. The number of hydrogen-bond acceptors (Lipinski definition) is 3. The quantitative estimate of drug-likeness (QED) is 0.774. The van der Waals surface area contributed by atoms with E-state index in [1.807, 2.05) is 48.0 Å². The maximum absolute atomic E-state index is 12.3. The highest BCUT2D eigenvalue weighted by atomic mass is 79.9. The van der Waals surface area contributed by atoms with Gasteiger partial charge < -0.3 is 14.0 Å². The fourth-order valence-corrected chi connectivity index (χ4v) is 3.24. The van der Waals surface area contributed by atoms with Crippen LogP contribution in [-0.2, 0) is 6.54 Å². The van der Waals surface area contributed by atoms with Gasteiger partial charge in [-0.2, -0.15) is 0 Å². The van der Waals surface area contributed by atoms with Gasteiger partial charge in [-0.1, -0.05) is 0 Å². The molecule has 1 aliphatic heterocycles. The number of benzene rings is 1. The number of aromatic nitrogens is 1. The van der Waals surface area contributed by atoms with Crippen LogP contribution in [0.4, 0.5) is 0 Å². The molecule has 2 heterocycles. The zero-order chi connectivity index (χ0) is 15.7. The van der Waals surface area contributed by atoms with Crippen molar-refractivity contribution in [2.24, 2.45) is 0 Å². The van der Waals surface area contributed by atoms with Gasteiger partial charge in [0.15, 0.2) is 11.5 Å². The van der Waals surface area contributed by atoms with Crippen LogP contribution in [0.1, 0.15) is 23.0 Å². The number of hydrogen-bond donors (Lipinski definition) is 0. The van der Waals surface area contributed by atoms with Crippen molar-refractivity contribution in [3.8, 4) is 11.5 Å². The first-order valence-corrected chi connectivity index (χ1v) is 7.84. The van der Waals surface area contributed by atoms with Gasteiger partial charge in [0.1, 0.15) is 0 Å². The van der Waals surface area contributed by atoms with Gasteiger partial charge in [0.05, 0.1) is 30.4 Å². The highest BCUT2D eigenvalue weighted by molar-refractivity contribution is 9.10. The van der Waals surface area contributed by atoms with Crippen LogP contribution in [0.25, 0.3) is 6.08 Å². The molecule has 0 atom stereocenters. The summed E-state index contributed by atoms with van der Waals surface area (Å²) in [6.07, 6.45) is 3.83. The van der Waals surface area contributed by atoms with Crippen molar-refractivity contribution in [3.63, 3.8) is 0 Å². The van der Waals surface area contributed by atoms with Gasteiger partial charge in [0, 0.05) is 11.8 Å². The number of fused-ring (bicyclic) bond motifs is 1. The largest absolute Gasteiger partial charge is 0.492 e. The van der Waals surface area contributed by atoms with Crippen molar-refractivity contribution < 1.29 is 14.3 Å². The highest BCUT2D eigenvalue weighted by Gasteiger charge is 2.24. The van der Waals surface area contributed by atoms with Crippen molar-refractivity contribution in [2.45, 2.75) is 13.5 Å². The summed E-state index contributed by atoms with van der Waals surface area (Å²) in [5.74, 6) is 1.40. The number of allylic oxidation sites excluding steroid dienone is 1. The number of methoxy groups -OCH3 is 1. The number of ether oxygens (including phenoxy) is 2. The van der Waals surface area contributed by atoms with E-state index in [2.05, 4.69) is 15.9 Å². The Kier molecular flexibility index (Phi) is 4.07. The van der Waals surface area contributed by atoms with Crippen molar-refractivity contribution in [2.75, 3.05) is 13.7 Å². The molecular weight excluding hydrogens is 346 g/mol. The number of ketones is 1. The number of carbonyl (C=O) groups is 1. The molecule has 0 amide bonds. The second kappa shape index (κ2) is 6.01. The van der Waals surface area contributed by atoms with E-state index >= 15 is 0 Å². The van der Waals surface area contributed by atoms with Gasteiger partial charge in [0.25, 0.3) is 0 Å². The molecule has 2 aromatic rings. The Labute approximate surface area is 137 Å². The van der Waals surface area contributed by atoms with E-state index in [1.54, 1.807) is 7.11 Å². The van der Waals surface area contributed by atoms with E-state index in [9.17, 15) is 4.79 Å². The van der Waals surface area contributed by atoms with Gasteiger partial charge in [-0.05, 0) is 58.8 Å². The van der Waals surface area contributed by atoms with Crippen molar-refractivity contribution >= 4 is 27.8 Å². The smallest absolute Gasteiger partial charge is 0.207 e. The third-order valence-electron chi connectivity index (χ3n) is 3.57. The SMILES string of the molecule is CCOc1cc(C=C2Cn3cccc3C2=O)cc(Br)c1OC. The molecule has 1 aromatic heterocycles. The lowest BCUT2D eigenvalue weighted by Crippen LogP contribution is -1.98. The summed E-state index contributed by atoms with van der Waals surface area (Å²) in [4.78, 5) is 12.3. The van der Waals surface area contributed by atoms with Crippen LogP contribution in [0.2, 0.25) is 0 Å². The molecule has 114 valence electrons. The highest BCUT2D eigenvalue weighted by Crippen LogP contribution is 2.37. The molecule has 1 aliphatic rings. The standard InChI is InChI=1S/C17H16BrNO3/c1-3-22-15-9-11(8-13(18)17(15)21-2)7-12-10-19-6-4-5-14(19)16(12)20/h4-9H,3,10H2,1-2H3. The van der Waals surface area contributed by atoms with Crippen molar-refractivity contribution in [1.82, 2.24) is 4.57 Å². The maximum Gasteiger partial charge on any atom is 0.207 e. The molecule has 0 fully saturated rings. The molecule has 22 heavy (non-hydrogen) atoms. The normalized spacial score (nSPS) is 15.2. The van der Waals surface area contributed by atoms with Gasteiger partial charge in [-0.3, -0.25) is 4.79 Å². The van der Waals surface area contributed by atoms with Crippen molar-refractivity contribution in [1.29, 1.82) is 0 Å². The fourth-order valence-electron chi connectivity index (χ4n) is 2.62. The number of Topliss-reactive ketones (excluding diaryl/α,β-unsaturated/α-hetero) is 1. The first kappa shape index (κ1) is 14.9. The fraction of sp³-hybridized carbons (Fsp3) is 0.235.